The Morgan fingerprint density at radius 1 is 0.654 bits per heavy atom. The molecule has 2 atom stereocenters. The maximum atomic E-state index is 6.18. The zero-order chi connectivity index (χ0) is 18.3. The van der Waals surface area contributed by atoms with Crippen LogP contribution in [0, 0.1) is 0 Å². The third kappa shape index (κ3) is 10.2. The molecule has 2 aliphatic rings. The van der Waals surface area contributed by atoms with E-state index < -0.39 is 0 Å². The molecule has 2 rings (SSSR count). The van der Waals surface area contributed by atoms with E-state index in [1.165, 1.54) is 38.5 Å². The zero-order valence-electron chi connectivity index (χ0n) is 16.7. The van der Waals surface area contributed by atoms with E-state index in [1.807, 2.05) is 0 Å². The van der Waals surface area contributed by atoms with Gasteiger partial charge in [0.15, 0.2) is 0 Å². The highest BCUT2D eigenvalue weighted by atomic mass is 16.6. The minimum Gasteiger partial charge on any atom is -0.377 e. The van der Waals surface area contributed by atoms with Crippen molar-refractivity contribution >= 4 is 0 Å². The Labute approximate surface area is 159 Å². The molecule has 6 nitrogen and oxygen atoms in total. The van der Waals surface area contributed by atoms with E-state index in [2.05, 4.69) is 11.8 Å². The van der Waals surface area contributed by atoms with Crippen molar-refractivity contribution in [2.75, 3.05) is 72.5 Å². The standard InChI is InChI=1S/C20H39NO5/c1-2-3-4-5-6-7-8-21-15-19-17-24-13-11-22-9-10-23-12-14-25-18-20(16-21)26-19/h19-20H,2-18H2,1H3. The second kappa shape index (κ2) is 14.8. The summed E-state index contributed by atoms with van der Waals surface area (Å²) in [5, 5.41) is 0. The lowest BCUT2D eigenvalue weighted by Crippen LogP contribution is -2.51. The first-order valence-electron chi connectivity index (χ1n) is 10.6. The summed E-state index contributed by atoms with van der Waals surface area (Å²) >= 11 is 0. The van der Waals surface area contributed by atoms with Gasteiger partial charge >= 0.3 is 0 Å². The van der Waals surface area contributed by atoms with Gasteiger partial charge in [0, 0.05) is 13.1 Å². The van der Waals surface area contributed by atoms with Crippen LogP contribution < -0.4 is 0 Å². The van der Waals surface area contributed by atoms with Crippen molar-refractivity contribution in [3.05, 3.63) is 0 Å². The van der Waals surface area contributed by atoms with Crippen molar-refractivity contribution in [1.29, 1.82) is 0 Å². The molecule has 2 heterocycles. The number of fused-ring (bicyclic) bond motifs is 2. The van der Waals surface area contributed by atoms with Crippen LogP contribution in [0.15, 0.2) is 0 Å². The van der Waals surface area contributed by atoms with Gasteiger partial charge in [-0.05, 0) is 13.0 Å². The van der Waals surface area contributed by atoms with Crippen molar-refractivity contribution in [3.8, 4) is 0 Å². The van der Waals surface area contributed by atoms with Crippen molar-refractivity contribution in [3.63, 3.8) is 0 Å². The second-order valence-electron chi connectivity index (χ2n) is 7.28. The molecule has 2 saturated heterocycles. The smallest absolute Gasteiger partial charge is 0.0940 e. The van der Waals surface area contributed by atoms with Crippen LogP contribution >= 0.6 is 0 Å². The first kappa shape index (κ1) is 22.1. The lowest BCUT2D eigenvalue weighted by molar-refractivity contribution is -0.136. The Morgan fingerprint density at radius 2 is 1.15 bits per heavy atom. The Bertz CT molecular complexity index is 309. The Kier molecular flexibility index (Phi) is 12.5. The average Bonchev–Trinajstić information content (AvgIpc) is 2.65. The summed E-state index contributed by atoms with van der Waals surface area (Å²) in [6.07, 6.45) is 8.25. The SMILES string of the molecule is CCCCCCCCN1CC2COCCOCCOCCOCC(C1)O2. The number of morpholine rings is 1. The molecule has 2 aliphatic heterocycles. The van der Waals surface area contributed by atoms with Gasteiger partial charge < -0.3 is 23.7 Å². The summed E-state index contributed by atoms with van der Waals surface area (Å²) in [5.74, 6) is 0. The lowest BCUT2D eigenvalue weighted by atomic mass is 10.1. The van der Waals surface area contributed by atoms with Crippen molar-refractivity contribution in [2.45, 2.75) is 57.7 Å². The molecule has 0 aromatic rings. The van der Waals surface area contributed by atoms with Gasteiger partial charge in [-0.3, -0.25) is 4.90 Å². The normalized spacial score (nSPS) is 27.6. The molecule has 154 valence electrons. The highest BCUT2D eigenvalue weighted by molar-refractivity contribution is 4.78. The summed E-state index contributed by atoms with van der Waals surface area (Å²) in [4.78, 5) is 2.52. The van der Waals surface area contributed by atoms with Crippen LogP contribution in [0.5, 0.6) is 0 Å². The van der Waals surface area contributed by atoms with Gasteiger partial charge in [-0.25, -0.2) is 0 Å². The molecule has 26 heavy (non-hydrogen) atoms. The van der Waals surface area contributed by atoms with Gasteiger partial charge in [0.2, 0.25) is 0 Å². The predicted octanol–water partition coefficient (Wildman–Crippen LogP) is 2.50. The van der Waals surface area contributed by atoms with Crippen LogP contribution in [0.3, 0.4) is 0 Å². The van der Waals surface area contributed by atoms with Gasteiger partial charge in [0.1, 0.15) is 0 Å². The molecule has 0 radical (unpaired) electrons. The highest BCUT2D eigenvalue weighted by Gasteiger charge is 2.27. The molecule has 0 amide bonds. The van der Waals surface area contributed by atoms with E-state index in [9.17, 15) is 0 Å². The molecular weight excluding hydrogens is 334 g/mol. The molecule has 2 bridgehead atoms. The number of ether oxygens (including phenoxy) is 5. The predicted molar refractivity (Wildman–Crippen MR) is 102 cm³/mol. The van der Waals surface area contributed by atoms with Crippen molar-refractivity contribution in [1.82, 2.24) is 4.90 Å². The second-order valence-corrected chi connectivity index (χ2v) is 7.28. The van der Waals surface area contributed by atoms with Gasteiger partial charge in [-0.15, -0.1) is 0 Å². The van der Waals surface area contributed by atoms with Crippen molar-refractivity contribution in [2.24, 2.45) is 0 Å². The Hall–Kier alpha value is -0.240. The van der Waals surface area contributed by atoms with Crippen LogP contribution in [0.2, 0.25) is 0 Å². The van der Waals surface area contributed by atoms with E-state index in [-0.39, 0.29) is 12.2 Å². The zero-order valence-corrected chi connectivity index (χ0v) is 16.7. The molecule has 0 aromatic carbocycles. The quantitative estimate of drug-likeness (QED) is 0.639. The number of nitrogens with zero attached hydrogens (tertiary/aromatic N) is 1. The fourth-order valence-electron chi connectivity index (χ4n) is 3.48. The van der Waals surface area contributed by atoms with Crippen LogP contribution in [0.1, 0.15) is 45.4 Å². The summed E-state index contributed by atoms with van der Waals surface area (Å²) in [6, 6.07) is 0. The summed E-state index contributed by atoms with van der Waals surface area (Å²) < 4.78 is 28.7. The summed E-state index contributed by atoms with van der Waals surface area (Å²) in [7, 11) is 0. The molecule has 6 heteroatoms. The van der Waals surface area contributed by atoms with Crippen LogP contribution in [-0.4, -0.2) is 89.6 Å². The molecule has 0 aliphatic carbocycles. The number of unbranched alkanes of at least 4 members (excludes halogenated alkanes) is 5. The van der Waals surface area contributed by atoms with Gasteiger partial charge in [0.05, 0.1) is 65.1 Å². The van der Waals surface area contributed by atoms with Gasteiger partial charge in [-0.1, -0.05) is 39.0 Å². The largest absolute Gasteiger partial charge is 0.377 e. The molecule has 0 spiro atoms. The maximum absolute atomic E-state index is 6.18. The average molecular weight is 374 g/mol. The van der Waals surface area contributed by atoms with Crippen LogP contribution in [-0.2, 0) is 23.7 Å². The fraction of sp³-hybridized carbons (Fsp3) is 1.00. The maximum Gasteiger partial charge on any atom is 0.0940 e. The van der Waals surface area contributed by atoms with E-state index in [0.717, 1.165) is 19.6 Å². The van der Waals surface area contributed by atoms with E-state index >= 15 is 0 Å². The number of hydrogen-bond acceptors (Lipinski definition) is 6. The van der Waals surface area contributed by atoms with E-state index in [0.29, 0.717) is 52.9 Å². The highest BCUT2D eigenvalue weighted by Crippen LogP contribution is 2.14. The number of hydrogen-bond donors (Lipinski definition) is 0. The number of rotatable bonds is 7. The summed E-state index contributed by atoms with van der Waals surface area (Å²) in [6.45, 7) is 10.2. The monoisotopic (exact) mass is 373 g/mol. The minimum atomic E-state index is 0.124. The van der Waals surface area contributed by atoms with Crippen LogP contribution in [0.4, 0.5) is 0 Å². The molecule has 0 N–H and O–H groups in total. The molecule has 2 fully saturated rings. The minimum absolute atomic E-state index is 0.124. The lowest BCUT2D eigenvalue weighted by Gasteiger charge is -2.38. The molecule has 0 saturated carbocycles. The van der Waals surface area contributed by atoms with Gasteiger partial charge in [-0.2, -0.15) is 0 Å². The van der Waals surface area contributed by atoms with E-state index in [4.69, 9.17) is 23.7 Å². The Morgan fingerprint density at radius 3 is 1.73 bits per heavy atom. The third-order valence-electron chi connectivity index (χ3n) is 4.86. The molecule has 0 aromatic heterocycles. The first-order chi connectivity index (χ1) is 12.9. The molecular formula is C20H39NO5. The topological polar surface area (TPSA) is 49.4 Å². The molecule has 2 unspecified atom stereocenters. The third-order valence-corrected chi connectivity index (χ3v) is 4.86. The first-order valence-corrected chi connectivity index (χ1v) is 10.6. The van der Waals surface area contributed by atoms with Crippen LogP contribution in [0.25, 0.3) is 0 Å². The van der Waals surface area contributed by atoms with Gasteiger partial charge in [0.25, 0.3) is 0 Å². The fourth-order valence-corrected chi connectivity index (χ4v) is 3.48. The van der Waals surface area contributed by atoms with E-state index in [1.54, 1.807) is 0 Å². The summed E-state index contributed by atoms with van der Waals surface area (Å²) in [5.41, 5.74) is 0. The van der Waals surface area contributed by atoms with Crippen molar-refractivity contribution < 1.29 is 23.7 Å². The Balaban J connectivity index is 1.71.